The fourth-order valence-electron chi connectivity index (χ4n) is 1.64. The quantitative estimate of drug-likeness (QED) is 0.346. The fourth-order valence-corrected chi connectivity index (χ4v) is 2.14. The van der Waals surface area contributed by atoms with E-state index >= 15 is 0 Å². The summed E-state index contributed by atoms with van der Waals surface area (Å²) in [5.41, 5.74) is 0.962. The molecule has 0 aliphatic rings. The lowest BCUT2D eigenvalue weighted by molar-refractivity contribution is -0.140. The molecule has 0 fully saturated rings. The third-order valence-corrected chi connectivity index (χ3v) is 3.58. The average Bonchev–Trinajstić information content (AvgIpc) is 2.58. The van der Waals surface area contributed by atoms with Crippen molar-refractivity contribution < 1.29 is 14.3 Å². The molecule has 6 nitrogen and oxygen atoms in total. The van der Waals surface area contributed by atoms with Gasteiger partial charge in [0, 0.05) is 19.9 Å². The highest BCUT2D eigenvalue weighted by atomic mass is 32.2. The second-order valence-electron chi connectivity index (χ2n) is 4.60. The molecule has 0 heterocycles. The van der Waals surface area contributed by atoms with E-state index in [1.54, 1.807) is 18.3 Å². The number of thioether (sulfide) groups is 1. The van der Waals surface area contributed by atoms with Crippen molar-refractivity contribution in [2.75, 3.05) is 20.4 Å². The lowest BCUT2D eigenvalue weighted by atomic mass is 10.2. The molecule has 0 aliphatic carbocycles. The molecular weight excluding hydrogens is 314 g/mol. The van der Waals surface area contributed by atoms with Crippen molar-refractivity contribution in [2.24, 2.45) is 10.1 Å². The van der Waals surface area contributed by atoms with Gasteiger partial charge in [0.15, 0.2) is 5.17 Å². The number of nitrogens with zero attached hydrogens (tertiary/aromatic N) is 3. The molecular formula is C16H21N3O3S. The first-order valence-corrected chi connectivity index (χ1v) is 8.34. The minimum atomic E-state index is -0.323. The zero-order valence-electron chi connectivity index (χ0n) is 13.6. The summed E-state index contributed by atoms with van der Waals surface area (Å²) < 4.78 is 4.53. The molecule has 23 heavy (non-hydrogen) atoms. The number of amidine groups is 1. The Balaban J connectivity index is 2.57. The molecule has 7 heteroatoms. The molecule has 0 radical (unpaired) electrons. The number of hydrazone groups is 1. The third kappa shape index (κ3) is 7.60. The maximum Gasteiger partial charge on any atom is 0.305 e. The van der Waals surface area contributed by atoms with E-state index in [-0.39, 0.29) is 24.7 Å². The van der Waals surface area contributed by atoms with Crippen LogP contribution in [-0.4, -0.2) is 48.7 Å². The molecule has 1 aromatic rings. The Morgan fingerprint density at radius 3 is 2.57 bits per heavy atom. The number of hydrogen-bond donors (Lipinski definition) is 0. The van der Waals surface area contributed by atoms with Gasteiger partial charge < -0.3 is 4.74 Å². The summed E-state index contributed by atoms with van der Waals surface area (Å²) in [5.74, 6) is -0.600. The number of benzene rings is 1. The van der Waals surface area contributed by atoms with Crippen LogP contribution in [-0.2, 0) is 14.3 Å². The van der Waals surface area contributed by atoms with Crippen LogP contribution in [0.3, 0.4) is 0 Å². The molecule has 0 spiro atoms. The zero-order valence-corrected chi connectivity index (χ0v) is 14.4. The summed E-state index contributed by atoms with van der Waals surface area (Å²) in [7, 11) is 3.06. The molecule has 1 aromatic carbocycles. The van der Waals surface area contributed by atoms with Gasteiger partial charge in [0.1, 0.15) is 0 Å². The number of amides is 1. The van der Waals surface area contributed by atoms with Crippen molar-refractivity contribution in [3.05, 3.63) is 35.9 Å². The van der Waals surface area contributed by atoms with Gasteiger partial charge in [-0.05, 0) is 18.2 Å². The van der Waals surface area contributed by atoms with E-state index in [1.165, 1.54) is 18.9 Å². The van der Waals surface area contributed by atoms with E-state index < -0.39 is 0 Å². The highest BCUT2D eigenvalue weighted by Crippen LogP contribution is 2.07. The molecule has 0 N–H and O–H groups in total. The van der Waals surface area contributed by atoms with Crippen molar-refractivity contribution in [3.63, 3.8) is 0 Å². The largest absolute Gasteiger partial charge is 0.469 e. The summed E-state index contributed by atoms with van der Waals surface area (Å²) in [6.45, 7) is 0. The van der Waals surface area contributed by atoms with Gasteiger partial charge in [0.05, 0.1) is 13.3 Å². The maximum atomic E-state index is 11.8. The summed E-state index contributed by atoms with van der Waals surface area (Å²) in [6.07, 6.45) is 4.37. The standard InChI is InChI=1S/C16H21N3O3S/c1-19(17-12-13-8-5-4-6-9-13)16(23-3)18-14(20)10-7-11-15(21)22-2/h4-6,8-9,12H,7,10-11H2,1-3H3/b17-12+,18-16-. The van der Waals surface area contributed by atoms with Crippen molar-refractivity contribution in [3.8, 4) is 0 Å². The van der Waals surface area contributed by atoms with Crippen LogP contribution in [0.1, 0.15) is 24.8 Å². The lowest BCUT2D eigenvalue weighted by Crippen LogP contribution is -2.19. The Labute approximate surface area is 140 Å². The topological polar surface area (TPSA) is 71.3 Å². The molecule has 1 rings (SSSR count). The van der Waals surface area contributed by atoms with Crippen molar-refractivity contribution in [1.29, 1.82) is 0 Å². The number of carbonyl (C=O) groups excluding carboxylic acids is 2. The number of esters is 1. The molecule has 0 saturated carbocycles. The second-order valence-corrected chi connectivity index (χ2v) is 5.37. The first kappa shape index (κ1) is 18.9. The molecule has 0 unspecified atom stereocenters. The van der Waals surface area contributed by atoms with E-state index in [1.807, 2.05) is 36.6 Å². The monoisotopic (exact) mass is 335 g/mol. The Morgan fingerprint density at radius 2 is 1.96 bits per heavy atom. The van der Waals surface area contributed by atoms with Crippen molar-refractivity contribution >= 4 is 35.0 Å². The minimum Gasteiger partial charge on any atom is -0.469 e. The molecule has 1 amide bonds. The average molecular weight is 335 g/mol. The van der Waals surface area contributed by atoms with E-state index in [2.05, 4.69) is 14.8 Å². The van der Waals surface area contributed by atoms with Gasteiger partial charge in [-0.15, -0.1) is 0 Å². The number of methoxy groups -OCH3 is 1. The van der Waals surface area contributed by atoms with Crippen LogP contribution in [0.25, 0.3) is 0 Å². The summed E-state index contributed by atoms with van der Waals surface area (Å²) in [5, 5.41) is 6.32. The van der Waals surface area contributed by atoms with Gasteiger partial charge in [0.25, 0.3) is 0 Å². The zero-order chi connectivity index (χ0) is 17.1. The van der Waals surface area contributed by atoms with Crippen molar-refractivity contribution in [1.82, 2.24) is 5.01 Å². The van der Waals surface area contributed by atoms with Gasteiger partial charge >= 0.3 is 5.97 Å². The van der Waals surface area contributed by atoms with E-state index in [4.69, 9.17) is 0 Å². The fraction of sp³-hybridized carbons (Fsp3) is 0.375. The van der Waals surface area contributed by atoms with Crippen LogP contribution in [0.5, 0.6) is 0 Å². The Kier molecular flexibility index (Phi) is 8.67. The van der Waals surface area contributed by atoms with E-state index in [0.29, 0.717) is 11.6 Å². The first-order chi connectivity index (χ1) is 11.1. The Bertz CT molecular complexity index is 573. The van der Waals surface area contributed by atoms with Crippen LogP contribution in [0.15, 0.2) is 40.4 Å². The van der Waals surface area contributed by atoms with Gasteiger partial charge in [-0.3, -0.25) is 9.59 Å². The summed E-state index contributed by atoms with van der Waals surface area (Å²) >= 11 is 1.34. The Hall–Kier alpha value is -2.15. The number of carbonyl (C=O) groups is 2. The van der Waals surface area contributed by atoms with Crippen LogP contribution in [0.2, 0.25) is 0 Å². The third-order valence-electron chi connectivity index (χ3n) is 2.86. The number of aliphatic imine (C=N–C) groups is 1. The van der Waals surface area contributed by atoms with Crippen LogP contribution in [0.4, 0.5) is 0 Å². The second kappa shape index (κ2) is 10.6. The molecule has 124 valence electrons. The molecule has 0 aliphatic heterocycles. The molecule has 0 bridgehead atoms. The van der Waals surface area contributed by atoms with Gasteiger partial charge in [-0.1, -0.05) is 42.1 Å². The minimum absolute atomic E-state index is 0.204. The first-order valence-electron chi connectivity index (χ1n) is 7.12. The lowest BCUT2D eigenvalue weighted by Gasteiger charge is -2.13. The number of ether oxygens (including phenoxy) is 1. The van der Waals surface area contributed by atoms with E-state index in [9.17, 15) is 9.59 Å². The molecule has 0 aromatic heterocycles. The van der Waals surface area contributed by atoms with Crippen LogP contribution >= 0.6 is 11.8 Å². The maximum absolute atomic E-state index is 11.8. The Morgan fingerprint density at radius 1 is 1.26 bits per heavy atom. The highest BCUT2D eigenvalue weighted by Gasteiger charge is 2.08. The normalized spacial score (nSPS) is 11.5. The molecule has 0 atom stereocenters. The molecule has 0 saturated heterocycles. The van der Waals surface area contributed by atoms with Crippen LogP contribution < -0.4 is 0 Å². The summed E-state index contributed by atoms with van der Waals surface area (Å²) in [4.78, 5) is 26.9. The van der Waals surface area contributed by atoms with Gasteiger partial charge in [-0.25, -0.2) is 5.01 Å². The number of rotatable bonds is 6. The van der Waals surface area contributed by atoms with Gasteiger partial charge in [-0.2, -0.15) is 10.1 Å². The smallest absolute Gasteiger partial charge is 0.305 e. The SMILES string of the molecule is COC(=O)CCCC(=O)/N=C(\SC)N(C)/N=C/c1ccccc1. The number of hydrogen-bond acceptors (Lipinski definition) is 5. The predicted octanol–water partition coefficient (Wildman–Crippen LogP) is 2.54. The predicted molar refractivity (Wildman–Crippen MR) is 93.6 cm³/mol. The van der Waals surface area contributed by atoms with Crippen molar-refractivity contribution in [2.45, 2.75) is 19.3 Å². The summed E-state index contributed by atoms with van der Waals surface area (Å²) in [6, 6.07) is 9.66. The van der Waals surface area contributed by atoms with E-state index in [0.717, 1.165) is 5.56 Å². The highest BCUT2D eigenvalue weighted by molar-refractivity contribution is 8.13. The van der Waals surface area contributed by atoms with Gasteiger partial charge in [0.2, 0.25) is 5.91 Å². The van der Waals surface area contributed by atoms with Crippen LogP contribution in [0, 0.1) is 0 Å².